The van der Waals surface area contributed by atoms with Crippen molar-refractivity contribution in [2.24, 2.45) is 5.92 Å². The summed E-state index contributed by atoms with van der Waals surface area (Å²) < 4.78 is 0. The van der Waals surface area contributed by atoms with E-state index in [2.05, 4.69) is 48.4 Å². The van der Waals surface area contributed by atoms with Crippen LogP contribution in [-0.2, 0) is 6.54 Å². The van der Waals surface area contributed by atoms with E-state index in [1.54, 1.807) is 0 Å². The fourth-order valence-corrected chi connectivity index (χ4v) is 2.51. The predicted octanol–water partition coefficient (Wildman–Crippen LogP) is 3.51. The summed E-state index contributed by atoms with van der Waals surface area (Å²) in [7, 11) is 0. The number of benzene rings is 1. The average molecular weight is 240 g/mol. The summed E-state index contributed by atoms with van der Waals surface area (Å²) in [6.45, 7) is 5.56. The normalized spacial score (nSPS) is 16.1. The first kappa shape index (κ1) is 11.7. The van der Waals surface area contributed by atoms with Gasteiger partial charge in [-0.3, -0.25) is 4.98 Å². The molecule has 0 saturated heterocycles. The minimum Gasteiger partial charge on any atom is -0.307 e. The van der Waals surface area contributed by atoms with Crippen molar-refractivity contribution in [2.45, 2.75) is 38.8 Å². The van der Waals surface area contributed by atoms with Crippen molar-refractivity contribution >= 4 is 10.9 Å². The lowest BCUT2D eigenvalue weighted by molar-refractivity contribution is 0.339. The Morgan fingerprint density at radius 1 is 1.28 bits per heavy atom. The summed E-state index contributed by atoms with van der Waals surface area (Å²) >= 11 is 0. The Morgan fingerprint density at radius 3 is 2.89 bits per heavy atom. The van der Waals surface area contributed by atoms with E-state index in [0.717, 1.165) is 18.0 Å². The maximum Gasteiger partial charge on any atom is 0.0702 e. The van der Waals surface area contributed by atoms with Crippen LogP contribution in [0.2, 0.25) is 0 Å². The summed E-state index contributed by atoms with van der Waals surface area (Å²) in [5.41, 5.74) is 2.68. The van der Waals surface area contributed by atoms with Crippen LogP contribution < -0.4 is 5.32 Å². The number of hydrogen-bond donors (Lipinski definition) is 1. The van der Waals surface area contributed by atoms with Gasteiger partial charge in [-0.1, -0.05) is 12.1 Å². The van der Waals surface area contributed by atoms with Gasteiger partial charge in [-0.05, 0) is 56.4 Å². The van der Waals surface area contributed by atoms with Crippen LogP contribution in [0.25, 0.3) is 10.9 Å². The third-order valence-corrected chi connectivity index (χ3v) is 4.01. The van der Waals surface area contributed by atoms with E-state index in [0.29, 0.717) is 0 Å². The number of fused-ring (bicyclic) bond motifs is 1. The largest absolute Gasteiger partial charge is 0.307 e. The van der Waals surface area contributed by atoms with Gasteiger partial charge in [-0.2, -0.15) is 0 Å². The van der Waals surface area contributed by atoms with Crippen molar-refractivity contribution in [2.75, 3.05) is 0 Å². The molecule has 0 amide bonds. The van der Waals surface area contributed by atoms with Crippen molar-refractivity contribution < 1.29 is 0 Å². The van der Waals surface area contributed by atoms with E-state index in [9.17, 15) is 0 Å². The van der Waals surface area contributed by atoms with Gasteiger partial charge in [0.05, 0.1) is 5.52 Å². The van der Waals surface area contributed by atoms with Crippen LogP contribution in [0.15, 0.2) is 36.5 Å². The number of aromatic nitrogens is 1. The Labute approximate surface area is 108 Å². The lowest BCUT2D eigenvalue weighted by Gasteiger charge is -2.26. The molecule has 1 aromatic carbocycles. The molecule has 1 heterocycles. The van der Waals surface area contributed by atoms with Crippen LogP contribution in [0.5, 0.6) is 0 Å². The van der Waals surface area contributed by atoms with Gasteiger partial charge in [0.25, 0.3) is 0 Å². The van der Waals surface area contributed by atoms with Crippen LogP contribution >= 0.6 is 0 Å². The number of nitrogens with one attached hydrogen (secondary N) is 1. The molecular weight excluding hydrogens is 220 g/mol. The van der Waals surface area contributed by atoms with E-state index >= 15 is 0 Å². The molecule has 2 heteroatoms. The van der Waals surface area contributed by atoms with E-state index in [4.69, 9.17) is 0 Å². The van der Waals surface area contributed by atoms with Gasteiger partial charge in [0, 0.05) is 23.7 Å². The molecule has 94 valence electrons. The van der Waals surface area contributed by atoms with Crippen molar-refractivity contribution in [1.82, 2.24) is 10.3 Å². The zero-order valence-corrected chi connectivity index (χ0v) is 11.1. The number of rotatable bonds is 4. The Morgan fingerprint density at radius 2 is 2.11 bits per heavy atom. The molecule has 1 N–H and O–H groups in total. The predicted molar refractivity (Wildman–Crippen MR) is 75.4 cm³/mol. The second-order valence-electron chi connectivity index (χ2n) is 5.88. The van der Waals surface area contributed by atoms with Gasteiger partial charge in [-0.15, -0.1) is 0 Å². The Bertz CT molecular complexity index is 556. The Balaban J connectivity index is 1.74. The monoisotopic (exact) mass is 240 g/mol. The molecule has 1 aromatic heterocycles. The lowest BCUT2D eigenvalue weighted by Crippen LogP contribution is -2.40. The van der Waals surface area contributed by atoms with Crippen LogP contribution in [0.4, 0.5) is 0 Å². The van der Waals surface area contributed by atoms with Crippen LogP contribution in [0.3, 0.4) is 0 Å². The fraction of sp³-hybridized carbons (Fsp3) is 0.438. The van der Waals surface area contributed by atoms with Crippen molar-refractivity contribution in [3.8, 4) is 0 Å². The van der Waals surface area contributed by atoms with Gasteiger partial charge in [0.1, 0.15) is 0 Å². The molecule has 2 nitrogen and oxygen atoms in total. The molecule has 2 aromatic rings. The van der Waals surface area contributed by atoms with E-state index < -0.39 is 0 Å². The molecule has 0 spiro atoms. The Kier molecular flexibility index (Phi) is 2.83. The highest BCUT2D eigenvalue weighted by Gasteiger charge is 2.36. The lowest BCUT2D eigenvalue weighted by atomic mass is 9.98. The molecule has 0 radical (unpaired) electrons. The third kappa shape index (κ3) is 2.39. The first-order valence-corrected chi connectivity index (χ1v) is 6.74. The maximum absolute atomic E-state index is 4.35. The molecule has 0 aliphatic heterocycles. The highest BCUT2D eigenvalue weighted by molar-refractivity contribution is 5.78. The fourth-order valence-electron chi connectivity index (χ4n) is 2.51. The number of pyridine rings is 1. The molecule has 0 unspecified atom stereocenters. The molecule has 1 aliphatic carbocycles. The second kappa shape index (κ2) is 4.36. The van der Waals surface area contributed by atoms with Gasteiger partial charge >= 0.3 is 0 Å². The summed E-state index contributed by atoms with van der Waals surface area (Å²) in [5.74, 6) is 0.861. The molecule has 0 atom stereocenters. The highest BCUT2D eigenvalue weighted by Crippen LogP contribution is 2.39. The molecule has 1 aliphatic rings. The maximum atomic E-state index is 4.35. The van der Waals surface area contributed by atoms with Gasteiger partial charge in [0.2, 0.25) is 0 Å². The number of nitrogens with zero attached hydrogens (tertiary/aromatic N) is 1. The van der Waals surface area contributed by atoms with Gasteiger partial charge in [0.15, 0.2) is 0 Å². The molecule has 18 heavy (non-hydrogen) atoms. The summed E-state index contributed by atoms with van der Waals surface area (Å²) in [5, 5.41) is 4.90. The molecule has 0 bridgehead atoms. The topological polar surface area (TPSA) is 24.9 Å². The quantitative estimate of drug-likeness (QED) is 0.884. The van der Waals surface area contributed by atoms with Crippen LogP contribution in [-0.4, -0.2) is 10.5 Å². The van der Waals surface area contributed by atoms with E-state index in [1.165, 1.54) is 23.8 Å². The molecular formula is C16H20N2. The van der Waals surface area contributed by atoms with Crippen molar-refractivity contribution in [3.63, 3.8) is 0 Å². The highest BCUT2D eigenvalue weighted by atomic mass is 15.0. The van der Waals surface area contributed by atoms with E-state index in [-0.39, 0.29) is 5.54 Å². The van der Waals surface area contributed by atoms with Crippen LogP contribution in [0.1, 0.15) is 32.3 Å². The van der Waals surface area contributed by atoms with E-state index in [1.807, 2.05) is 12.3 Å². The summed E-state index contributed by atoms with van der Waals surface area (Å²) in [6.07, 6.45) is 4.60. The summed E-state index contributed by atoms with van der Waals surface area (Å²) in [4.78, 5) is 4.35. The number of hydrogen-bond acceptors (Lipinski definition) is 2. The summed E-state index contributed by atoms with van der Waals surface area (Å²) in [6, 6.07) is 10.6. The third-order valence-electron chi connectivity index (χ3n) is 4.01. The molecule has 1 fully saturated rings. The van der Waals surface area contributed by atoms with Crippen molar-refractivity contribution in [1.29, 1.82) is 0 Å². The second-order valence-corrected chi connectivity index (χ2v) is 5.88. The minimum atomic E-state index is 0.268. The first-order chi connectivity index (χ1) is 8.65. The molecule has 3 rings (SSSR count). The minimum absolute atomic E-state index is 0.268. The molecule has 1 saturated carbocycles. The zero-order chi connectivity index (χ0) is 12.6. The van der Waals surface area contributed by atoms with Gasteiger partial charge < -0.3 is 5.32 Å². The SMILES string of the molecule is CC(C)(NCc1ccc2ncccc2c1)C1CC1. The van der Waals surface area contributed by atoms with Gasteiger partial charge in [-0.25, -0.2) is 0 Å². The smallest absolute Gasteiger partial charge is 0.0702 e. The van der Waals surface area contributed by atoms with Crippen LogP contribution in [0, 0.1) is 5.92 Å². The standard InChI is InChI=1S/C16H20N2/c1-16(2,14-6-7-14)18-11-12-5-8-15-13(10-12)4-3-9-17-15/h3-5,8-10,14,18H,6-7,11H2,1-2H3. The zero-order valence-electron chi connectivity index (χ0n) is 11.1. The Hall–Kier alpha value is -1.41. The average Bonchev–Trinajstić information content (AvgIpc) is 3.21. The first-order valence-electron chi connectivity index (χ1n) is 6.74. The van der Waals surface area contributed by atoms with Crippen molar-refractivity contribution in [3.05, 3.63) is 42.1 Å².